The molecule has 1 heterocycles. The third-order valence-electron chi connectivity index (χ3n) is 2.75. The van der Waals surface area contributed by atoms with Crippen molar-refractivity contribution in [1.82, 2.24) is 0 Å². The molecule has 94 valence electrons. The third kappa shape index (κ3) is 2.41. The van der Waals surface area contributed by atoms with Gasteiger partial charge in [0, 0.05) is 6.54 Å². The van der Waals surface area contributed by atoms with Crippen LogP contribution in [0, 0.1) is 17.1 Å². The van der Waals surface area contributed by atoms with Gasteiger partial charge in [0.25, 0.3) is 0 Å². The van der Waals surface area contributed by atoms with Crippen molar-refractivity contribution >= 4 is 11.7 Å². The maximum absolute atomic E-state index is 13.8. The quantitative estimate of drug-likeness (QED) is 0.855. The summed E-state index contributed by atoms with van der Waals surface area (Å²) in [5.74, 6) is -1.77. The summed E-state index contributed by atoms with van der Waals surface area (Å²) < 4.78 is 19.0. The maximum Gasteiger partial charge on any atom is 0.335 e. The summed E-state index contributed by atoms with van der Waals surface area (Å²) >= 11 is 0. The van der Waals surface area contributed by atoms with Gasteiger partial charge in [0.15, 0.2) is 6.10 Å². The van der Waals surface area contributed by atoms with Crippen LogP contribution in [-0.4, -0.2) is 36.9 Å². The van der Waals surface area contributed by atoms with Crippen molar-refractivity contribution < 1.29 is 19.0 Å². The number of anilines is 1. The molecule has 0 bridgehead atoms. The number of ether oxygens (including phenoxy) is 1. The summed E-state index contributed by atoms with van der Waals surface area (Å²) in [6, 6.07) is 5.71. The van der Waals surface area contributed by atoms with Gasteiger partial charge in [-0.15, -0.1) is 0 Å². The van der Waals surface area contributed by atoms with E-state index in [0.717, 1.165) is 6.07 Å². The van der Waals surface area contributed by atoms with Crippen molar-refractivity contribution in [3.8, 4) is 6.07 Å². The fraction of sp³-hybridized carbons (Fsp3) is 0.333. The summed E-state index contributed by atoms with van der Waals surface area (Å²) in [6.07, 6.45) is -0.586. The van der Waals surface area contributed by atoms with Gasteiger partial charge in [-0.25, -0.2) is 9.18 Å². The lowest BCUT2D eigenvalue weighted by molar-refractivity contribution is 0.0695. The summed E-state index contributed by atoms with van der Waals surface area (Å²) in [6.45, 7) is 1.10. The van der Waals surface area contributed by atoms with Crippen LogP contribution < -0.4 is 4.90 Å². The second-order valence-corrected chi connectivity index (χ2v) is 3.91. The van der Waals surface area contributed by atoms with Gasteiger partial charge in [-0.1, -0.05) is 0 Å². The molecule has 1 aliphatic rings. The number of hydrogen-bond acceptors (Lipinski definition) is 4. The predicted molar refractivity (Wildman–Crippen MR) is 60.9 cm³/mol. The van der Waals surface area contributed by atoms with Crippen LogP contribution in [-0.2, 0) is 4.74 Å². The number of carboxylic acids is 1. The molecule has 0 aliphatic carbocycles. The number of halogens is 1. The lowest BCUT2D eigenvalue weighted by Crippen LogP contribution is -2.42. The Labute approximate surface area is 103 Å². The lowest BCUT2D eigenvalue weighted by Gasteiger charge is -2.31. The highest BCUT2D eigenvalue weighted by atomic mass is 19.1. The number of benzene rings is 1. The number of aromatic carboxylic acids is 1. The fourth-order valence-electron chi connectivity index (χ4n) is 1.84. The number of rotatable bonds is 2. The van der Waals surface area contributed by atoms with Crippen molar-refractivity contribution in [2.75, 3.05) is 24.6 Å². The molecule has 18 heavy (non-hydrogen) atoms. The van der Waals surface area contributed by atoms with Gasteiger partial charge in [-0.2, -0.15) is 5.26 Å². The van der Waals surface area contributed by atoms with E-state index in [-0.39, 0.29) is 12.1 Å². The lowest BCUT2D eigenvalue weighted by atomic mass is 10.1. The van der Waals surface area contributed by atoms with Gasteiger partial charge in [-0.3, -0.25) is 0 Å². The van der Waals surface area contributed by atoms with E-state index >= 15 is 0 Å². The van der Waals surface area contributed by atoms with Crippen molar-refractivity contribution in [3.05, 3.63) is 29.6 Å². The smallest absolute Gasteiger partial charge is 0.335 e. The summed E-state index contributed by atoms with van der Waals surface area (Å²) in [7, 11) is 0. The van der Waals surface area contributed by atoms with E-state index in [1.807, 2.05) is 6.07 Å². The van der Waals surface area contributed by atoms with E-state index in [1.54, 1.807) is 4.90 Å². The molecule has 0 spiro atoms. The first-order chi connectivity index (χ1) is 8.61. The van der Waals surface area contributed by atoms with E-state index < -0.39 is 17.9 Å². The highest BCUT2D eigenvalue weighted by molar-refractivity contribution is 5.88. The van der Waals surface area contributed by atoms with Crippen LogP contribution in [0.5, 0.6) is 0 Å². The topological polar surface area (TPSA) is 73.6 Å². The van der Waals surface area contributed by atoms with Gasteiger partial charge < -0.3 is 14.7 Å². The Morgan fingerprint density at radius 2 is 2.39 bits per heavy atom. The molecule has 6 heteroatoms. The minimum absolute atomic E-state index is 0.0960. The first-order valence-corrected chi connectivity index (χ1v) is 5.41. The zero-order chi connectivity index (χ0) is 13.1. The van der Waals surface area contributed by atoms with Crippen LogP contribution in [0.2, 0.25) is 0 Å². The number of nitrogens with zero attached hydrogens (tertiary/aromatic N) is 2. The summed E-state index contributed by atoms with van der Waals surface area (Å²) in [5.41, 5.74) is 0.199. The Morgan fingerprint density at radius 3 is 3.00 bits per heavy atom. The van der Waals surface area contributed by atoms with Gasteiger partial charge in [0.2, 0.25) is 0 Å². The number of carboxylic acid groups (broad SMARTS) is 1. The molecule has 5 nitrogen and oxygen atoms in total. The molecule has 0 amide bonds. The fourth-order valence-corrected chi connectivity index (χ4v) is 1.84. The van der Waals surface area contributed by atoms with E-state index in [2.05, 4.69) is 0 Å². The largest absolute Gasteiger partial charge is 0.478 e. The van der Waals surface area contributed by atoms with Gasteiger partial charge in [-0.05, 0) is 18.2 Å². The van der Waals surface area contributed by atoms with Crippen molar-refractivity contribution in [1.29, 1.82) is 5.26 Å². The van der Waals surface area contributed by atoms with Crippen molar-refractivity contribution in [2.45, 2.75) is 6.10 Å². The first kappa shape index (κ1) is 12.3. The zero-order valence-electron chi connectivity index (χ0n) is 9.47. The standard InChI is InChI=1S/C12H11FN2O3/c13-10-5-8(12(16)17)1-2-11(10)15-3-4-18-9(6-14)7-15/h1-2,5,9H,3-4,7H2,(H,16,17). The van der Waals surface area contributed by atoms with Crippen molar-refractivity contribution in [2.24, 2.45) is 0 Å². The normalized spacial score (nSPS) is 19.3. The molecule has 2 rings (SSSR count). The molecule has 1 N–H and O–H groups in total. The van der Waals surface area contributed by atoms with Crippen LogP contribution in [0.1, 0.15) is 10.4 Å². The van der Waals surface area contributed by atoms with Crippen LogP contribution >= 0.6 is 0 Å². The molecular weight excluding hydrogens is 239 g/mol. The van der Waals surface area contributed by atoms with Crippen molar-refractivity contribution in [3.63, 3.8) is 0 Å². The first-order valence-electron chi connectivity index (χ1n) is 5.41. The van der Waals surface area contributed by atoms with Gasteiger partial charge in [0.05, 0.1) is 30.5 Å². The molecule has 1 saturated heterocycles. The van der Waals surface area contributed by atoms with Crippen LogP contribution in [0.25, 0.3) is 0 Å². The van der Waals surface area contributed by atoms with Crippen LogP contribution in [0.4, 0.5) is 10.1 Å². The molecule has 1 aliphatic heterocycles. The highest BCUT2D eigenvalue weighted by Crippen LogP contribution is 2.22. The second-order valence-electron chi connectivity index (χ2n) is 3.91. The van der Waals surface area contributed by atoms with E-state index in [9.17, 15) is 9.18 Å². The van der Waals surface area contributed by atoms with E-state index in [0.29, 0.717) is 18.8 Å². The molecule has 1 aromatic rings. The second kappa shape index (κ2) is 5.02. The Hall–Kier alpha value is -2.13. The molecule has 1 fully saturated rings. The van der Waals surface area contributed by atoms with Crippen LogP contribution in [0.15, 0.2) is 18.2 Å². The number of nitriles is 1. The predicted octanol–water partition coefficient (Wildman–Crippen LogP) is 1.25. The molecule has 1 atom stereocenters. The SMILES string of the molecule is N#CC1CN(c2ccc(C(=O)O)cc2F)CCO1. The molecule has 0 radical (unpaired) electrons. The Bertz CT molecular complexity index is 513. The molecular formula is C12H11FN2O3. The molecule has 1 aromatic carbocycles. The number of hydrogen-bond donors (Lipinski definition) is 1. The monoisotopic (exact) mass is 250 g/mol. The van der Waals surface area contributed by atoms with Gasteiger partial charge in [0.1, 0.15) is 5.82 Å². The molecule has 0 aromatic heterocycles. The zero-order valence-corrected chi connectivity index (χ0v) is 9.47. The minimum atomic E-state index is -1.17. The Morgan fingerprint density at radius 1 is 1.61 bits per heavy atom. The minimum Gasteiger partial charge on any atom is -0.478 e. The van der Waals surface area contributed by atoms with E-state index in [4.69, 9.17) is 15.1 Å². The van der Waals surface area contributed by atoms with Crippen LogP contribution in [0.3, 0.4) is 0 Å². The van der Waals surface area contributed by atoms with Gasteiger partial charge >= 0.3 is 5.97 Å². The highest BCUT2D eigenvalue weighted by Gasteiger charge is 2.22. The molecule has 0 saturated carbocycles. The Kier molecular flexibility index (Phi) is 3.44. The van der Waals surface area contributed by atoms with E-state index in [1.165, 1.54) is 12.1 Å². The number of morpholine rings is 1. The summed E-state index contributed by atoms with van der Waals surface area (Å²) in [4.78, 5) is 12.4. The number of carbonyl (C=O) groups is 1. The molecule has 1 unspecified atom stereocenters. The summed E-state index contributed by atoms with van der Waals surface area (Å²) in [5, 5.41) is 17.5. The average molecular weight is 250 g/mol. The third-order valence-corrected chi connectivity index (χ3v) is 2.75. The maximum atomic E-state index is 13.8. The average Bonchev–Trinajstić information content (AvgIpc) is 2.38. The Balaban J connectivity index is 2.23.